The van der Waals surface area contributed by atoms with Crippen LogP contribution in [0.4, 0.5) is 23.7 Å². The number of imidazole rings is 1. The number of amides is 2. The second-order valence-electron chi connectivity index (χ2n) is 6.20. The normalized spacial score (nSPS) is 16.4. The fraction of sp³-hybridized carbons (Fsp3) is 0.105. The summed E-state index contributed by atoms with van der Waals surface area (Å²) < 4.78 is 41.1. The predicted octanol–water partition coefficient (Wildman–Crippen LogP) is 5.49. The van der Waals surface area contributed by atoms with Crippen LogP contribution in [0.15, 0.2) is 47.4 Å². The monoisotopic (exact) mass is 437 g/mol. The van der Waals surface area contributed by atoms with Gasteiger partial charge in [-0.3, -0.25) is 9.59 Å². The minimum atomic E-state index is -4.71. The van der Waals surface area contributed by atoms with Crippen LogP contribution in [0.3, 0.4) is 0 Å². The highest BCUT2D eigenvalue weighted by Crippen LogP contribution is 2.40. The van der Waals surface area contributed by atoms with E-state index in [0.717, 1.165) is 11.6 Å². The van der Waals surface area contributed by atoms with Gasteiger partial charge in [0, 0.05) is 13.1 Å². The maximum atomic E-state index is 13.1. The molecule has 0 spiro atoms. The quantitative estimate of drug-likeness (QED) is 0.498. The molecule has 2 amide bonds. The number of carbonyl (C=O) groups is 2. The number of para-hydroxylation sites is 2. The van der Waals surface area contributed by atoms with E-state index in [-0.39, 0.29) is 10.6 Å². The highest BCUT2D eigenvalue weighted by Gasteiger charge is 2.39. The Balaban J connectivity index is 1.73. The number of aryl methyl sites for hydroxylation is 1. The fourth-order valence-corrected chi connectivity index (χ4v) is 4.01. The Morgan fingerprint density at radius 3 is 2.55 bits per heavy atom. The average Bonchev–Trinajstić information content (AvgIpc) is 3.12. The SMILES string of the molecule is Cn1c(/C=C2/SC(=O)N(c3ccc(Cl)c(C(F)(F)F)c3)C2=O)nc2ccccc21. The molecule has 0 bridgehead atoms. The molecule has 1 aliphatic rings. The number of halogens is 4. The smallest absolute Gasteiger partial charge is 0.328 e. The molecule has 0 N–H and O–H groups in total. The molecule has 0 unspecified atom stereocenters. The first-order valence-electron chi connectivity index (χ1n) is 8.23. The van der Waals surface area contributed by atoms with E-state index in [0.29, 0.717) is 34.1 Å². The number of alkyl halides is 3. The maximum absolute atomic E-state index is 13.1. The summed E-state index contributed by atoms with van der Waals surface area (Å²) in [6.45, 7) is 0. The molecule has 148 valence electrons. The van der Waals surface area contributed by atoms with Gasteiger partial charge in [0.2, 0.25) is 0 Å². The number of anilines is 1. The van der Waals surface area contributed by atoms with Crippen molar-refractivity contribution in [3.05, 3.63) is 63.8 Å². The Hall–Kier alpha value is -2.78. The van der Waals surface area contributed by atoms with Crippen LogP contribution in [0.1, 0.15) is 11.4 Å². The number of thioether (sulfide) groups is 1. The molecule has 2 heterocycles. The topological polar surface area (TPSA) is 55.2 Å². The summed E-state index contributed by atoms with van der Waals surface area (Å²) in [5, 5.41) is -1.21. The van der Waals surface area contributed by atoms with Gasteiger partial charge < -0.3 is 4.57 Å². The minimum Gasteiger partial charge on any atom is -0.328 e. The number of benzene rings is 2. The molecular weight excluding hydrogens is 427 g/mol. The van der Waals surface area contributed by atoms with E-state index in [2.05, 4.69) is 4.98 Å². The standard InChI is InChI=1S/C19H11ClF3N3O2S/c1-25-14-5-3-2-4-13(14)24-16(25)9-15-17(27)26(18(28)29-15)10-6-7-12(20)11(8-10)19(21,22)23/h2-9H,1H3/b15-9+. The molecule has 0 radical (unpaired) electrons. The van der Waals surface area contributed by atoms with Crippen molar-refractivity contribution in [3.8, 4) is 0 Å². The van der Waals surface area contributed by atoms with Gasteiger partial charge in [0.1, 0.15) is 5.82 Å². The minimum absolute atomic E-state index is 0.0666. The third-order valence-corrected chi connectivity index (χ3v) is 5.59. The zero-order chi connectivity index (χ0) is 20.9. The summed E-state index contributed by atoms with van der Waals surface area (Å²) in [6.07, 6.45) is -3.26. The third-order valence-electron chi connectivity index (χ3n) is 4.39. The number of aromatic nitrogens is 2. The maximum Gasteiger partial charge on any atom is 0.417 e. The lowest BCUT2D eigenvalue weighted by Crippen LogP contribution is -2.28. The fourth-order valence-electron chi connectivity index (χ4n) is 2.97. The van der Waals surface area contributed by atoms with Crippen LogP contribution in [0.2, 0.25) is 5.02 Å². The zero-order valence-corrected chi connectivity index (χ0v) is 16.3. The number of imide groups is 1. The van der Waals surface area contributed by atoms with Crippen molar-refractivity contribution >= 4 is 57.3 Å². The third kappa shape index (κ3) is 3.40. The van der Waals surface area contributed by atoms with Gasteiger partial charge in [-0.2, -0.15) is 13.2 Å². The number of carbonyl (C=O) groups excluding carboxylic acids is 2. The van der Waals surface area contributed by atoms with Crippen LogP contribution in [0.25, 0.3) is 17.1 Å². The van der Waals surface area contributed by atoms with E-state index in [1.54, 1.807) is 11.6 Å². The van der Waals surface area contributed by atoms with Crippen LogP contribution < -0.4 is 4.90 Å². The highest BCUT2D eigenvalue weighted by molar-refractivity contribution is 8.19. The van der Waals surface area contributed by atoms with Gasteiger partial charge in [0.05, 0.1) is 32.2 Å². The van der Waals surface area contributed by atoms with Crippen LogP contribution in [0, 0.1) is 0 Å². The molecule has 1 saturated heterocycles. The largest absolute Gasteiger partial charge is 0.417 e. The molecule has 29 heavy (non-hydrogen) atoms. The second-order valence-corrected chi connectivity index (χ2v) is 7.60. The molecule has 0 aliphatic carbocycles. The molecule has 0 saturated carbocycles. The van der Waals surface area contributed by atoms with Crippen molar-refractivity contribution in [1.82, 2.24) is 9.55 Å². The molecule has 5 nitrogen and oxygen atoms in total. The van der Waals surface area contributed by atoms with Gasteiger partial charge in [-0.05, 0) is 42.1 Å². The lowest BCUT2D eigenvalue weighted by Gasteiger charge is -2.16. The van der Waals surface area contributed by atoms with Crippen LogP contribution in [-0.4, -0.2) is 20.7 Å². The molecule has 1 aliphatic heterocycles. The van der Waals surface area contributed by atoms with Crippen LogP contribution in [0.5, 0.6) is 0 Å². The van der Waals surface area contributed by atoms with Crippen LogP contribution >= 0.6 is 23.4 Å². The average molecular weight is 438 g/mol. The van der Waals surface area contributed by atoms with Crippen LogP contribution in [-0.2, 0) is 18.0 Å². The van der Waals surface area contributed by atoms with Crippen molar-refractivity contribution in [3.63, 3.8) is 0 Å². The molecule has 4 rings (SSSR count). The van der Waals surface area contributed by atoms with E-state index in [1.807, 2.05) is 24.3 Å². The molecule has 3 aromatic rings. The Morgan fingerprint density at radius 2 is 1.86 bits per heavy atom. The lowest BCUT2D eigenvalue weighted by atomic mass is 10.1. The first kappa shape index (κ1) is 19.5. The number of hydrogen-bond acceptors (Lipinski definition) is 4. The number of fused-ring (bicyclic) bond motifs is 1. The van der Waals surface area contributed by atoms with Crippen molar-refractivity contribution in [2.75, 3.05) is 4.90 Å². The Labute approximate surface area is 171 Å². The molecule has 2 aromatic carbocycles. The van der Waals surface area contributed by atoms with E-state index < -0.39 is 27.9 Å². The van der Waals surface area contributed by atoms with Gasteiger partial charge in [-0.15, -0.1) is 0 Å². The molecule has 10 heteroatoms. The van der Waals surface area contributed by atoms with Crippen molar-refractivity contribution < 1.29 is 22.8 Å². The van der Waals surface area contributed by atoms with Gasteiger partial charge in [0.25, 0.3) is 11.1 Å². The van der Waals surface area contributed by atoms with Gasteiger partial charge in [-0.25, -0.2) is 9.88 Å². The summed E-state index contributed by atoms with van der Waals surface area (Å²) >= 11 is 6.26. The van der Waals surface area contributed by atoms with Gasteiger partial charge in [-0.1, -0.05) is 23.7 Å². The van der Waals surface area contributed by atoms with Gasteiger partial charge >= 0.3 is 6.18 Å². The van der Waals surface area contributed by atoms with E-state index in [4.69, 9.17) is 11.6 Å². The lowest BCUT2D eigenvalue weighted by molar-refractivity contribution is -0.137. The van der Waals surface area contributed by atoms with Crippen molar-refractivity contribution in [1.29, 1.82) is 0 Å². The Kier molecular flexibility index (Phi) is 4.66. The summed E-state index contributed by atoms with van der Waals surface area (Å²) in [5.74, 6) is -0.272. The molecule has 1 fully saturated rings. The Morgan fingerprint density at radius 1 is 1.14 bits per heavy atom. The summed E-state index contributed by atoms with van der Waals surface area (Å²) in [4.78, 5) is 30.3. The molecular formula is C19H11ClF3N3O2S. The second kappa shape index (κ2) is 6.93. The first-order valence-corrected chi connectivity index (χ1v) is 9.42. The van der Waals surface area contributed by atoms with Gasteiger partial charge in [0.15, 0.2) is 0 Å². The highest BCUT2D eigenvalue weighted by atomic mass is 35.5. The Bertz CT molecular complexity index is 1200. The predicted molar refractivity (Wildman–Crippen MR) is 106 cm³/mol. The zero-order valence-electron chi connectivity index (χ0n) is 14.7. The number of nitrogens with zero attached hydrogens (tertiary/aromatic N) is 3. The first-order chi connectivity index (χ1) is 13.7. The van der Waals surface area contributed by atoms with E-state index in [1.165, 1.54) is 12.1 Å². The summed E-state index contributed by atoms with van der Waals surface area (Å²) in [5.41, 5.74) is 0.242. The number of rotatable bonds is 2. The number of hydrogen-bond donors (Lipinski definition) is 0. The summed E-state index contributed by atoms with van der Waals surface area (Å²) in [6, 6.07) is 10.2. The van der Waals surface area contributed by atoms with Crippen molar-refractivity contribution in [2.24, 2.45) is 7.05 Å². The van der Waals surface area contributed by atoms with E-state index in [9.17, 15) is 22.8 Å². The molecule has 0 atom stereocenters. The van der Waals surface area contributed by atoms with Crippen molar-refractivity contribution in [2.45, 2.75) is 6.18 Å². The molecule has 1 aromatic heterocycles. The summed E-state index contributed by atoms with van der Waals surface area (Å²) in [7, 11) is 1.76. The van der Waals surface area contributed by atoms with E-state index >= 15 is 0 Å².